The molecule has 0 aromatic carbocycles. The first-order valence-corrected chi connectivity index (χ1v) is 11.1. The molecule has 0 radical (unpaired) electrons. The molecule has 0 spiro atoms. The van der Waals surface area contributed by atoms with E-state index in [2.05, 4.69) is 44.6 Å². The van der Waals surface area contributed by atoms with Gasteiger partial charge in [0, 0.05) is 51.9 Å². The van der Waals surface area contributed by atoms with E-state index in [-0.39, 0.29) is 5.91 Å². The van der Waals surface area contributed by atoms with Gasteiger partial charge in [0.25, 0.3) is 0 Å². The van der Waals surface area contributed by atoms with Crippen molar-refractivity contribution in [1.29, 1.82) is 0 Å². The van der Waals surface area contributed by atoms with Gasteiger partial charge in [-0.2, -0.15) is 0 Å². The third kappa shape index (κ3) is 7.55. The van der Waals surface area contributed by atoms with Crippen molar-refractivity contribution in [3.05, 3.63) is 23.9 Å². The van der Waals surface area contributed by atoms with Crippen LogP contribution in [0.2, 0.25) is 0 Å². The highest BCUT2D eigenvalue weighted by Crippen LogP contribution is 2.21. The van der Waals surface area contributed by atoms with Gasteiger partial charge in [0.2, 0.25) is 5.91 Å². The van der Waals surface area contributed by atoms with Crippen LogP contribution in [-0.4, -0.2) is 61.0 Å². The Morgan fingerprint density at radius 3 is 2.52 bits per heavy atom. The molecule has 0 saturated carbocycles. The lowest BCUT2D eigenvalue weighted by atomic mass is 9.99. The van der Waals surface area contributed by atoms with Crippen LogP contribution in [-0.2, 0) is 11.3 Å². The number of pyridine rings is 1. The average Bonchev–Trinajstić information content (AvgIpc) is 2.74. The number of anilines is 1. The zero-order valence-corrected chi connectivity index (χ0v) is 18.6. The van der Waals surface area contributed by atoms with E-state index in [4.69, 9.17) is 0 Å². The Balaban J connectivity index is 1.85. The van der Waals surface area contributed by atoms with Crippen molar-refractivity contribution >= 4 is 17.7 Å². The standard InChI is InChI=1S/C22H38N6O/c1-5-23-22(24-13-10-21(29)27(6-2)7-3)26-17-19-8-9-20(25-16-19)28-14-11-18(4)12-15-28/h8-9,16,18H,5-7,10-15,17H2,1-4H3,(H2,23,24,26). The molecule has 2 heterocycles. The van der Waals surface area contributed by atoms with Gasteiger partial charge in [0.05, 0.1) is 6.54 Å². The summed E-state index contributed by atoms with van der Waals surface area (Å²) in [7, 11) is 0. The van der Waals surface area contributed by atoms with Crippen LogP contribution in [0.5, 0.6) is 0 Å². The molecule has 2 N–H and O–H groups in total. The van der Waals surface area contributed by atoms with Crippen molar-refractivity contribution in [2.75, 3.05) is 44.2 Å². The lowest BCUT2D eigenvalue weighted by molar-refractivity contribution is -0.130. The maximum atomic E-state index is 12.1. The van der Waals surface area contributed by atoms with Gasteiger partial charge in [-0.3, -0.25) is 4.79 Å². The smallest absolute Gasteiger partial charge is 0.224 e. The molecule has 0 bridgehead atoms. The molecule has 1 aromatic heterocycles. The zero-order chi connectivity index (χ0) is 21.1. The molecule has 0 atom stereocenters. The lowest BCUT2D eigenvalue weighted by Gasteiger charge is -2.31. The van der Waals surface area contributed by atoms with Crippen LogP contribution in [0.25, 0.3) is 0 Å². The highest BCUT2D eigenvalue weighted by atomic mass is 16.2. The Morgan fingerprint density at radius 1 is 1.21 bits per heavy atom. The zero-order valence-electron chi connectivity index (χ0n) is 18.6. The van der Waals surface area contributed by atoms with Crippen molar-refractivity contribution in [3.63, 3.8) is 0 Å². The summed E-state index contributed by atoms with van der Waals surface area (Å²) >= 11 is 0. The summed E-state index contributed by atoms with van der Waals surface area (Å²) in [5.41, 5.74) is 1.08. The highest BCUT2D eigenvalue weighted by Gasteiger charge is 2.16. The van der Waals surface area contributed by atoms with Crippen LogP contribution < -0.4 is 15.5 Å². The largest absolute Gasteiger partial charge is 0.357 e. The summed E-state index contributed by atoms with van der Waals surface area (Å²) in [5, 5.41) is 6.49. The Bertz CT molecular complexity index is 633. The van der Waals surface area contributed by atoms with E-state index in [9.17, 15) is 4.79 Å². The number of rotatable bonds is 9. The predicted octanol–water partition coefficient (Wildman–Crippen LogP) is 2.63. The van der Waals surface area contributed by atoms with Crippen LogP contribution in [0.4, 0.5) is 5.82 Å². The first-order valence-electron chi connectivity index (χ1n) is 11.1. The molecular formula is C22H38N6O. The minimum atomic E-state index is 0.172. The number of amides is 1. The number of guanidine groups is 1. The number of carbonyl (C=O) groups excluding carboxylic acids is 1. The van der Waals surface area contributed by atoms with E-state index in [1.54, 1.807) is 0 Å². The Kier molecular flexibility index (Phi) is 9.74. The molecule has 1 saturated heterocycles. The molecule has 1 amide bonds. The molecule has 0 aliphatic carbocycles. The number of aliphatic imine (C=N–C) groups is 1. The highest BCUT2D eigenvalue weighted by molar-refractivity contribution is 5.81. The number of piperidine rings is 1. The summed E-state index contributed by atoms with van der Waals surface area (Å²) in [6.45, 7) is 14.0. The molecule has 1 aliphatic heterocycles. The molecule has 162 valence electrons. The van der Waals surface area contributed by atoms with Crippen molar-refractivity contribution in [2.24, 2.45) is 10.9 Å². The summed E-state index contributed by atoms with van der Waals surface area (Å²) in [6.07, 6.45) is 4.87. The van der Waals surface area contributed by atoms with Gasteiger partial charge in [-0.25, -0.2) is 9.98 Å². The van der Waals surface area contributed by atoms with Crippen molar-refractivity contribution in [1.82, 2.24) is 20.5 Å². The van der Waals surface area contributed by atoms with Crippen LogP contribution in [0.3, 0.4) is 0 Å². The Hall–Kier alpha value is -2.31. The van der Waals surface area contributed by atoms with Crippen LogP contribution in [0, 0.1) is 5.92 Å². The normalized spacial score (nSPS) is 15.3. The molecule has 1 fully saturated rings. The van der Waals surface area contributed by atoms with Gasteiger partial charge in [-0.1, -0.05) is 13.0 Å². The molecular weight excluding hydrogens is 364 g/mol. The summed E-state index contributed by atoms with van der Waals surface area (Å²) in [6, 6.07) is 4.21. The van der Waals surface area contributed by atoms with E-state index in [1.165, 1.54) is 12.8 Å². The Morgan fingerprint density at radius 2 is 1.93 bits per heavy atom. The first-order chi connectivity index (χ1) is 14.1. The van der Waals surface area contributed by atoms with Gasteiger partial charge in [0.15, 0.2) is 5.96 Å². The first kappa shape index (κ1) is 23.0. The fourth-order valence-corrected chi connectivity index (χ4v) is 3.47. The fraction of sp³-hybridized carbons (Fsp3) is 0.682. The fourth-order valence-electron chi connectivity index (χ4n) is 3.47. The number of aromatic nitrogens is 1. The predicted molar refractivity (Wildman–Crippen MR) is 120 cm³/mol. The number of hydrogen-bond donors (Lipinski definition) is 2. The van der Waals surface area contributed by atoms with E-state index in [0.717, 1.165) is 56.0 Å². The molecule has 0 unspecified atom stereocenters. The third-order valence-electron chi connectivity index (χ3n) is 5.43. The maximum absolute atomic E-state index is 12.1. The van der Waals surface area contributed by atoms with Crippen molar-refractivity contribution in [2.45, 2.75) is 53.5 Å². The summed E-state index contributed by atoms with van der Waals surface area (Å²) < 4.78 is 0. The molecule has 7 nitrogen and oxygen atoms in total. The number of nitrogens with one attached hydrogen (secondary N) is 2. The second kappa shape index (κ2) is 12.3. The summed E-state index contributed by atoms with van der Waals surface area (Å²) in [4.78, 5) is 25.6. The third-order valence-corrected chi connectivity index (χ3v) is 5.43. The van der Waals surface area contributed by atoms with Crippen LogP contribution in [0.15, 0.2) is 23.3 Å². The van der Waals surface area contributed by atoms with Gasteiger partial charge in [-0.05, 0) is 51.2 Å². The van der Waals surface area contributed by atoms with E-state index >= 15 is 0 Å². The number of hydrogen-bond acceptors (Lipinski definition) is 4. The monoisotopic (exact) mass is 402 g/mol. The molecule has 1 aliphatic rings. The minimum absolute atomic E-state index is 0.172. The van der Waals surface area contributed by atoms with Crippen molar-refractivity contribution < 1.29 is 4.79 Å². The number of nitrogens with zero attached hydrogens (tertiary/aromatic N) is 4. The molecule has 7 heteroatoms. The van der Waals surface area contributed by atoms with Gasteiger partial charge in [-0.15, -0.1) is 0 Å². The summed E-state index contributed by atoms with van der Waals surface area (Å²) in [5.74, 6) is 2.78. The second-order valence-electron chi connectivity index (χ2n) is 7.63. The van der Waals surface area contributed by atoms with E-state index in [1.807, 2.05) is 31.9 Å². The second-order valence-corrected chi connectivity index (χ2v) is 7.63. The lowest BCUT2D eigenvalue weighted by Crippen LogP contribution is -2.40. The minimum Gasteiger partial charge on any atom is -0.357 e. The van der Waals surface area contributed by atoms with E-state index in [0.29, 0.717) is 19.5 Å². The van der Waals surface area contributed by atoms with Crippen molar-refractivity contribution in [3.8, 4) is 0 Å². The SMILES string of the molecule is CCNC(=NCc1ccc(N2CCC(C)CC2)nc1)NCCC(=O)N(CC)CC. The average molecular weight is 403 g/mol. The van der Waals surface area contributed by atoms with E-state index < -0.39 is 0 Å². The van der Waals surface area contributed by atoms with Gasteiger partial charge < -0.3 is 20.4 Å². The van der Waals surface area contributed by atoms with Gasteiger partial charge >= 0.3 is 0 Å². The van der Waals surface area contributed by atoms with Crippen LogP contribution >= 0.6 is 0 Å². The Labute approximate surface area is 176 Å². The molecule has 1 aromatic rings. The maximum Gasteiger partial charge on any atom is 0.224 e. The van der Waals surface area contributed by atoms with Gasteiger partial charge in [0.1, 0.15) is 5.82 Å². The van der Waals surface area contributed by atoms with Crippen LogP contribution in [0.1, 0.15) is 52.5 Å². The topological polar surface area (TPSA) is 72.9 Å². The number of carbonyl (C=O) groups is 1. The quantitative estimate of drug-likeness (QED) is 0.491. The molecule has 29 heavy (non-hydrogen) atoms. The molecule has 2 rings (SSSR count).